The van der Waals surface area contributed by atoms with Crippen molar-refractivity contribution >= 4 is 17.3 Å². The van der Waals surface area contributed by atoms with Crippen LogP contribution in [0.5, 0.6) is 0 Å². The number of non-ortho nitro benzene ring substituents is 1. The van der Waals surface area contributed by atoms with E-state index in [9.17, 15) is 14.9 Å². The van der Waals surface area contributed by atoms with Gasteiger partial charge in [-0.2, -0.15) is 0 Å². The Morgan fingerprint density at radius 1 is 1.35 bits per heavy atom. The number of benzene rings is 1. The molecule has 0 bridgehead atoms. The van der Waals surface area contributed by atoms with Crippen LogP contribution in [-0.2, 0) is 0 Å². The lowest BCUT2D eigenvalue weighted by Crippen LogP contribution is -2.38. The van der Waals surface area contributed by atoms with E-state index in [1.54, 1.807) is 11.9 Å². The predicted molar refractivity (Wildman–Crippen MR) is 76.5 cm³/mol. The van der Waals surface area contributed by atoms with Gasteiger partial charge in [-0.15, -0.1) is 0 Å². The van der Waals surface area contributed by atoms with E-state index in [1.165, 1.54) is 24.6 Å². The smallest absolute Gasteiger partial charge is 0.270 e. The molecule has 2 N–H and O–H groups in total. The largest absolute Gasteiger partial charge is 0.398 e. The summed E-state index contributed by atoms with van der Waals surface area (Å²) in [5.74, 6) is -0.238. The standard InChI is InChI=1S/C14H19N3O3/c1-16(10-5-3-2-4-6-10)14(18)12-9-11(17(19)20)7-8-13(12)15/h7-10H,2-6,15H2,1H3. The highest BCUT2D eigenvalue weighted by atomic mass is 16.6. The normalized spacial score (nSPS) is 15.8. The Morgan fingerprint density at radius 2 is 2.00 bits per heavy atom. The molecule has 0 aromatic heterocycles. The molecule has 1 aromatic carbocycles. The van der Waals surface area contributed by atoms with E-state index in [4.69, 9.17) is 5.73 Å². The maximum atomic E-state index is 12.5. The first-order chi connectivity index (χ1) is 9.50. The number of hydrogen-bond acceptors (Lipinski definition) is 4. The number of hydrogen-bond donors (Lipinski definition) is 1. The van der Waals surface area contributed by atoms with Gasteiger partial charge >= 0.3 is 0 Å². The number of amides is 1. The van der Waals surface area contributed by atoms with Crippen molar-refractivity contribution in [2.24, 2.45) is 0 Å². The molecule has 1 saturated carbocycles. The van der Waals surface area contributed by atoms with Crippen LogP contribution in [0.3, 0.4) is 0 Å². The summed E-state index contributed by atoms with van der Waals surface area (Å²) in [7, 11) is 1.75. The third-order valence-corrected chi connectivity index (χ3v) is 3.92. The van der Waals surface area contributed by atoms with Crippen molar-refractivity contribution in [3.63, 3.8) is 0 Å². The third-order valence-electron chi connectivity index (χ3n) is 3.92. The summed E-state index contributed by atoms with van der Waals surface area (Å²) >= 11 is 0. The molecule has 0 radical (unpaired) electrons. The summed E-state index contributed by atoms with van der Waals surface area (Å²) < 4.78 is 0. The Morgan fingerprint density at radius 3 is 2.60 bits per heavy atom. The van der Waals surface area contributed by atoms with E-state index in [0.717, 1.165) is 25.7 Å². The molecule has 1 aliphatic rings. The molecule has 2 rings (SSSR count). The highest BCUT2D eigenvalue weighted by Gasteiger charge is 2.25. The Labute approximate surface area is 117 Å². The molecule has 0 aliphatic heterocycles. The van der Waals surface area contributed by atoms with E-state index < -0.39 is 4.92 Å². The number of anilines is 1. The average Bonchev–Trinajstić information content (AvgIpc) is 2.47. The summed E-state index contributed by atoms with van der Waals surface area (Å²) in [5.41, 5.74) is 6.17. The SMILES string of the molecule is CN(C(=O)c1cc([N+](=O)[O-])ccc1N)C1CCCCC1. The molecule has 6 nitrogen and oxygen atoms in total. The van der Waals surface area contributed by atoms with Crippen LogP contribution in [0, 0.1) is 10.1 Å². The highest BCUT2D eigenvalue weighted by Crippen LogP contribution is 2.26. The fourth-order valence-corrected chi connectivity index (χ4v) is 2.67. The van der Waals surface area contributed by atoms with Crippen LogP contribution >= 0.6 is 0 Å². The zero-order valence-corrected chi connectivity index (χ0v) is 11.5. The van der Waals surface area contributed by atoms with Gasteiger partial charge in [-0.1, -0.05) is 19.3 Å². The van der Waals surface area contributed by atoms with Gasteiger partial charge in [0.2, 0.25) is 0 Å². The lowest BCUT2D eigenvalue weighted by atomic mass is 9.94. The van der Waals surface area contributed by atoms with Crippen molar-refractivity contribution in [3.05, 3.63) is 33.9 Å². The van der Waals surface area contributed by atoms with E-state index >= 15 is 0 Å². The summed E-state index contributed by atoms with van der Waals surface area (Å²) in [5, 5.41) is 10.8. The molecule has 1 aliphatic carbocycles. The first-order valence-electron chi connectivity index (χ1n) is 6.82. The number of nitrogens with two attached hydrogens (primary N) is 1. The van der Waals surface area contributed by atoms with Gasteiger partial charge < -0.3 is 10.6 Å². The lowest BCUT2D eigenvalue weighted by Gasteiger charge is -2.31. The van der Waals surface area contributed by atoms with Gasteiger partial charge in [0.05, 0.1) is 10.5 Å². The number of nitro groups is 1. The number of nitro benzene ring substituents is 1. The molecule has 0 atom stereocenters. The monoisotopic (exact) mass is 277 g/mol. The zero-order valence-electron chi connectivity index (χ0n) is 11.5. The lowest BCUT2D eigenvalue weighted by molar-refractivity contribution is -0.384. The molecule has 6 heteroatoms. The van der Waals surface area contributed by atoms with Gasteiger partial charge in [0.25, 0.3) is 11.6 Å². The molecular formula is C14H19N3O3. The molecule has 0 unspecified atom stereocenters. The van der Waals surface area contributed by atoms with Crippen LogP contribution in [-0.4, -0.2) is 28.8 Å². The molecule has 1 amide bonds. The zero-order chi connectivity index (χ0) is 14.7. The number of rotatable bonds is 3. The minimum Gasteiger partial charge on any atom is -0.398 e. The van der Waals surface area contributed by atoms with Gasteiger partial charge in [0.1, 0.15) is 0 Å². The van der Waals surface area contributed by atoms with Crippen LogP contribution in [0.1, 0.15) is 42.5 Å². The Kier molecular flexibility index (Phi) is 4.22. The Bertz CT molecular complexity index is 524. The van der Waals surface area contributed by atoms with Crippen molar-refractivity contribution in [2.75, 3.05) is 12.8 Å². The Hall–Kier alpha value is -2.11. The summed E-state index contributed by atoms with van der Waals surface area (Å²) in [6, 6.07) is 4.19. The van der Waals surface area contributed by atoms with E-state index in [-0.39, 0.29) is 28.9 Å². The first kappa shape index (κ1) is 14.3. The molecule has 0 saturated heterocycles. The second-order valence-corrected chi connectivity index (χ2v) is 5.24. The highest BCUT2D eigenvalue weighted by molar-refractivity contribution is 5.99. The number of carbonyl (C=O) groups excluding carboxylic acids is 1. The van der Waals surface area contributed by atoms with Crippen molar-refractivity contribution in [1.82, 2.24) is 4.90 Å². The fraction of sp³-hybridized carbons (Fsp3) is 0.500. The summed E-state index contributed by atoms with van der Waals surface area (Å²) in [6.45, 7) is 0. The average molecular weight is 277 g/mol. The third kappa shape index (κ3) is 2.89. The van der Waals surface area contributed by atoms with Crippen molar-refractivity contribution in [3.8, 4) is 0 Å². The van der Waals surface area contributed by atoms with Gasteiger partial charge in [0, 0.05) is 30.9 Å². The second-order valence-electron chi connectivity index (χ2n) is 5.24. The Balaban J connectivity index is 2.23. The van der Waals surface area contributed by atoms with Gasteiger partial charge in [0.15, 0.2) is 0 Å². The maximum absolute atomic E-state index is 12.5. The van der Waals surface area contributed by atoms with E-state index in [1.807, 2.05) is 0 Å². The van der Waals surface area contributed by atoms with E-state index in [0.29, 0.717) is 0 Å². The first-order valence-corrected chi connectivity index (χ1v) is 6.82. The van der Waals surface area contributed by atoms with Crippen molar-refractivity contribution in [2.45, 2.75) is 38.1 Å². The molecule has 20 heavy (non-hydrogen) atoms. The second kappa shape index (κ2) is 5.90. The van der Waals surface area contributed by atoms with Crippen molar-refractivity contribution < 1.29 is 9.72 Å². The quantitative estimate of drug-likeness (QED) is 0.522. The number of nitrogens with zero attached hydrogens (tertiary/aromatic N) is 2. The molecular weight excluding hydrogens is 258 g/mol. The minimum absolute atomic E-state index is 0.111. The number of carbonyl (C=O) groups is 1. The van der Waals surface area contributed by atoms with Crippen molar-refractivity contribution in [1.29, 1.82) is 0 Å². The maximum Gasteiger partial charge on any atom is 0.270 e. The van der Waals surface area contributed by atoms with E-state index in [2.05, 4.69) is 0 Å². The van der Waals surface area contributed by atoms with Crippen LogP contribution in [0.4, 0.5) is 11.4 Å². The van der Waals surface area contributed by atoms with Crippen LogP contribution in [0.2, 0.25) is 0 Å². The fourth-order valence-electron chi connectivity index (χ4n) is 2.67. The van der Waals surface area contributed by atoms with Gasteiger partial charge in [-0.3, -0.25) is 14.9 Å². The van der Waals surface area contributed by atoms with Gasteiger partial charge in [-0.25, -0.2) is 0 Å². The molecule has 1 aromatic rings. The predicted octanol–water partition coefficient (Wildman–Crippen LogP) is 2.58. The molecule has 0 heterocycles. The van der Waals surface area contributed by atoms with Crippen LogP contribution < -0.4 is 5.73 Å². The van der Waals surface area contributed by atoms with Crippen LogP contribution in [0.25, 0.3) is 0 Å². The van der Waals surface area contributed by atoms with Gasteiger partial charge in [-0.05, 0) is 18.9 Å². The minimum atomic E-state index is -0.517. The summed E-state index contributed by atoms with van der Waals surface area (Å²) in [4.78, 5) is 24.4. The molecule has 0 spiro atoms. The van der Waals surface area contributed by atoms with Crippen LogP contribution in [0.15, 0.2) is 18.2 Å². The molecule has 108 valence electrons. The number of nitrogen functional groups attached to an aromatic ring is 1. The molecule has 1 fully saturated rings. The topological polar surface area (TPSA) is 89.5 Å². The summed E-state index contributed by atoms with van der Waals surface area (Å²) in [6.07, 6.45) is 5.41.